The molecule has 2 aromatic rings. The van der Waals surface area contributed by atoms with Crippen molar-refractivity contribution in [3.05, 3.63) is 47.2 Å². The van der Waals surface area contributed by atoms with Gasteiger partial charge in [-0.3, -0.25) is 4.79 Å². The molecule has 112 valence electrons. The van der Waals surface area contributed by atoms with E-state index in [1.54, 1.807) is 7.11 Å². The average Bonchev–Trinajstić information content (AvgIpc) is 2.76. The van der Waals surface area contributed by atoms with Crippen molar-refractivity contribution >= 4 is 22.3 Å². The lowest BCUT2D eigenvalue weighted by Crippen LogP contribution is -2.29. The van der Waals surface area contributed by atoms with E-state index in [1.807, 2.05) is 19.9 Å². The fourth-order valence-electron chi connectivity index (χ4n) is 3.89. The van der Waals surface area contributed by atoms with Gasteiger partial charge in [0.15, 0.2) is 0 Å². The van der Waals surface area contributed by atoms with Gasteiger partial charge in [-0.05, 0) is 60.7 Å². The van der Waals surface area contributed by atoms with Crippen molar-refractivity contribution in [2.75, 3.05) is 7.11 Å². The van der Waals surface area contributed by atoms with Gasteiger partial charge in [0.05, 0.1) is 12.5 Å². The fourth-order valence-corrected chi connectivity index (χ4v) is 3.89. The van der Waals surface area contributed by atoms with Crippen LogP contribution >= 0.6 is 0 Å². The molecular weight excluding hydrogens is 276 g/mol. The number of carbonyl (C=O) groups excluding carboxylic acids is 1. The minimum atomic E-state index is -0.489. The van der Waals surface area contributed by atoms with Gasteiger partial charge in [-0.15, -0.1) is 0 Å². The summed E-state index contributed by atoms with van der Waals surface area (Å²) in [7, 11) is 1.68. The van der Waals surface area contributed by atoms with Crippen LogP contribution in [-0.2, 0) is 16.0 Å². The van der Waals surface area contributed by atoms with Crippen LogP contribution in [-0.4, -0.2) is 13.1 Å². The minimum Gasteiger partial charge on any atom is -0.497 e. The van der Waals surface area contributed by atoms with E-state index in [9.17, 15) is 4.79 Å². The van der Waals surface area contributed by atoms with Gasteiger partial charge in [0.1, 0.15) is 11.5 Å². The second-order valence-electron chi connectivity index (χ2n) is 6.33. The zero-order valence-electron chi connectivity index (χ0n) is 13.0. The average molecular weight is 294 g/mol. The molecule has 1 aliphatic heterocycles. The summed E-state index contributed by atoms with van der Waals surface area (Å²) in [5, 5.41) is 2.41. The molecule has 3 heteroatoms. The van der Waals surface area contributed by atoms with Crippen molar-refractivity contribution in [1.29, 1.82) is 0 Å². The Bertz CT molecular complexity index is 847. The van der Waals surface area contributed by atoms with E-state index in [1.165, 1.54) is 16.3 Å². The monoisotopic (exact) mass is 294 g/mol. The summed E-state index contributed by atoms with van der Waals surface area (Å²) in [6.07, 6.45) is 1.69. The maximum absolute atomic E-state index is 12.2. The first kappa shape index (κ1) is 13.4. The summed E-state index contributed by atoms with van der Waals surface area (Å²) in [4.78, 5) is 12.2. The Balaban J connectivity index is 1.99. The number of cyclic esters (lactones) is 1. The number of carbonyl (C=O) groups is 1. The van der Waals surface area contributed by atoms with Crippen molar-refractivity contribution in [2.45, 2.75) is 26.7 Å². The van der Waals surface area contributed by atoms with Crippen molar-refractivity contribution in [3.8, 4) is 5.75 Å². The lowest BCUT2D eigenvalue weighted by atomic mass is 9.69. The van der Waals surface area contributed by atoms with Gasteiger partial charge in [-0.1, -0.05) is 18.2 Å². The first-order chi connectivity index (χ1) is 10.5. The zero-order valence-corrected chi connectivity index (χ0v) is 13.0. The molecule has 0 saturated heterocycles. The third kappa shape index (κ3) is 1.59. The molecule has 22 heavy (non-hydrogen) atoms. The predicted octanol–water partition coefficient (Wildman–Crippen LogP) is 4.09. The van der Waals surface area contributed by atoms with Crippen LogP contribution in [0.15, 0.2) is 36.1 Å². The number of esters is 1. The van der Waals surface area contributed by atoms with E-state index in [0.29, 0.717) is 0 Å². The van der Waals surface area contributed by atoms with Crippen LogP contribution in [0.1, 0.15) is 31.4 Å². The van der Waals surface area contributed by atoms with Crippen molar-refractivity contribution in [2.24, 2.45) is 5.41 Å². The van der Waals surface area contributed by atoms with E-state index in [-0.39, 0.29) is 5.97 Å². The van der Waals surface area contributed by atoms with Crippen LogP contribution in [0.2, 0.25) is 0 Å². The Morgan fingerprint density at radius 1 is 1.23 bits per heavy atom. The molecule has 0 saturated carbocycles. The van der Waals surface area contributed by atoms with Gasteiger partial charge in [0, 0.05) is 5.57 Å². The Morgan fingerprint density at radius 2 is 2.05 bits per heavy atom. The van der Waals surface area contributed by atoms with Gasteiger partial charge in [0.25, 0.3) is 0 Å². The Hall–Kier alpha value is -2.29. The van der Waals surface area contributed by atoms with Crippen LogP contribution in [0.25, 0.3) is 16.3 Å². The van der Waals surface area contributed by atoms with E-state index in [4.69, 9.17) is 9.47 Å². The summed E-state index contributed by atoms with van der Waals surface area (Å²) >= 11 is 0. The van der Waals surface area contributed by atoms with Crippen LogP contribution in [0.5, 0.6) is 5.75 Å². The van der Waals surface area contributed by atoms with Crippen molar-refractivity contribution in [1.82, 2.24) is 0 Å². The highest BCUT2D eigenvalue weighted by Gasteiger charge is 2.49. The van der Waals surface area contributed by atoms with E-state index < -0.39 is 5.41 Å². The number of rotatable bonds is 1. The molecule has 0 amide bonds. The molecule has 1 heterocycles. The van der Waals surface area contributed by atoms with Crippen molar-refractivity contribution in [3.63, 3.8) is 0 Å². The Kier molecular flexibility index (Phi) is 2.65. The summed E-state index contributed by atoms with van der Waals surface area (Å²) in [6, 6.07) is 10.4. The Labute approximate surface area is 129 Å². The number of methoxy groups -OCH3 is 1. The van der Waals surface area contributed by atoms with E-state index >= 15 is 0 Å². The number of allylic oxidation sites excluding steroid dienone is 1. The van der Waals surface area contributed by atoms with Gasteiger partial charge < -0.3 is 9.47 Å². The van der Waals surface area contributed by atoms with E-state index in [2.05, 4.69) is 24.3 Å². The molecule has 0 bridgehead atoms. The predicted molar refractivity (Wildman–Crippen MR) is 85.6 cm³/mol. The summed E-state index contributed by atoms with van der Waals surface area (Å²) in [5.74, 6) is 1.50. The molecule has 0 unspecified atom stereocenters. The second-order valence-corrected chi connectivity index (χ2v) is 6.33. The minimum absolute atomic E-state index is 0.111. The number of ether oxygens (including phenoxy) is 2. The standard InChI is InChI=1S/C19H18O3/c1-11-17-16-6-4-12-10-13(21-3)5-7-14(12)15(16)8-9-19(17,2)18(20)22-11/h4-7,10H,8-9H2,1-3H3/t19-/m0/s1. The molecule has 0 N–H and O–H groups in total. The van der Waals surface area contributed by atoms with Gasteiger partial charge in [-0.2, -0.15) is 0 Å². The van der Waals surface area contributed by atoms with Crippen LogP contribution < -0.4 is 4.74 Å². The van der Waals surface area contributed by atoms with Gasteiger partial charge in [-0.25, -0.2) is 0 Å². The lowest BCUT2D eigenvalue weighted by Gasteiger charge is -2.31. The van der Waals surface area contributed by atoms with Crippen molar-refractivity contribution < 1.29 is 14.3 Å². The number of hydrogen-bond acceptors (Lipinski definition) is 3. The highest BCUT2D eigenvalue weighted by atomic mass is 16.5. The first-order valence-corrected chi connectivity index (χ1v) is 7.58. The maximum Gasteiger partial charge on any atom is 0.321 e. The molecule has 2 aromatic carbocycles. The molecule has 4 rings (SSSR count). The zero-order chi connectivity index (χ0) is 15.5. The third-order valence-corrected chi connectivity index (χ3v) is 5.08. The number of aryl methyl sites for hydroxylation is 1. The van der Waals surface area contributed by atoms with E-state index in [0.717, 1.165) is 35.5 Å². The molecule has 0 fully saturated rings. The number of hydrogen-bond donors (Lipinski definition) is 0. The molecule has 0 spiro atoms. The lowest BCUT2D eigenvalue weighted by molar-refractivity contribution is -0.144. The molecule has 1 aliphatic carbocycles. The summed E-state index contributed by atoms with van der Waals surface area (Å²) in [5.41, 5.74) is 3.05. The Morgan fingerprint density at radius 3 is 2.82 bits per heavy atom. The molecule has 2 aliphatic rings. The molecule has 0 aromatic heterocycles. The largest absolute Gasteiger partial charge is 0.497 e. The molecule has 3 nitrogen and oxygen atoms in total. The van der Waals surface area contributed by atoms with Gasteiger partial charge >= 0.3 is 5.97 Å². The SMILES string of the molecule is COc1ccc2c3c(ccc2c1)C1=C(C)OC(=O)[C@@]1(C)CC3. The molecule has 1 atom stereocenters. The van der Waals surface area contributed by atoms with Crippen LogP contribution in [0, 0.1) is 5.41 Å². The number of fused-ring (bicyclic) bond motifs is 5. The quantitative estimate of drug-likeness (QED) is 0.743. The summed E-state index contributed by atoms with van der Waals surface area (Å²) < 4.78 is 10.7. The van der Waals surface area contributed by atoms with Gasteiger partial charge in [0.2, 0.25) is 0 Å². The summed E-state index contributed by atoms with van der Waals surface area (Å²) in [6.45, 7) is 3.90. The highest BCUT2D eigenvalue weighted by molar-refractivity contribution is 6.02. The van der Waals surface area contributed by atoms with Crippen LogP contribution in [0.4, 0.5) is 0 Å². The molecule has 0 radical (unpaired) electrons. The fraction of sp³-hybridized carbons (Fsp3) is 0.316. The maximum atomic E-state index is 12.2. The number of benzene rings is 2. The normalized spacial score (nSPS) is 23.3. The smallest absolute Gasteiger partial charge is 0.321 e. The topological polar surface area (TPSA) is 35.5 Å². The first-order valence-electron chi connectivity index (χ1n) is 7.58. The third-order valence-electron chi connectivity index (χ3n) is 5.08. The van der Waals surface area contributed by atoms with Crippen LogP contribution in [0.3, 0.4) is 0 Å². The second kappa shape index (κ2) is 4.35. The molecular formula is C19H18O3. The highest BCUT2D eigenvalue weighted by Crippen LogP contribution is 2.52.